The number of carbonyl (C=O) groups is 1. The first-order valence-corrected chi connectivity index (χ1v) is 6.92. The highest BCUT2D eigenvalue weighted by molar-refractivity contribution is 6.34. The lowest BCUT2D eigenvalue weighted by Crippen LogP contribution is -2.34. The van der Waals surface area contributed by atoms with E-state index in [9.17, 15) is 4.79 Å². The molecule has 1 N–H and O–H groups in total. The van der Waals surface area contributed by atoms with Crippen molar-refractivity contribution in [1.82, 2.24) is 4.90 Å². The Hall–Kier alpha value is -1.03. The van der Waals surface area contributed by atoms with E-state index >= 15 is 0 Å². The maximum atomic E-state index is 12.0. The summed E-state index contributed by atoms with van der Waals surface area (Å²) in [6.07, 6.45) is 5.16. The van der Waals surface area contributed by atoms with Gasteiger partial charge in [0.2, 0.25) is 5.91 Å². The standard InChI is InChI=1S/C14H15Cl2NO2/c15-11-2-5-13(16)10(9-11)1-6-14(19)17(7-8-18)12-3-4-12/h1-2,5-6,9,12,18H,3-4,7-8H2/b6-1+. The normalized spacial score (nSPS) is 14.9. The number of halogens is 2. The fraction of sp³-hybridized carbons (Fsp3) is 0.357. The predicted octanol–water partition coefficient (Wildman–Crippen LogP) is 2.99. The van der Waals surface area contributed by atoms with Gasteiger partial charge in [-0.3, -0.25) is 4.79 Å². The van der Waals surface area contributed by atoms with Crippen LogP contribution in [0.4, 0.5) is 0 Å². The zero-order valence-electron chi connectivity index (χ0n) is 10.4. The average molecular weight is 300 g/mol. The lowest BCUT2D eigenvalue weighted by molar-refractivity contribution is -0.127. The molecule has 1 aromatic carbocycles. The van der Waals surface area contributed by atoms with Crippen LogP contribution < -0.4 is 0 Å². The molecular formula is C14H15Cl2NO2. The number of nitrogens with zero attached hydrogens (tertiary/aromatic N) is 1. The van der Waals surface area contributed by atoms with Crippen LogP contribution in [0.5, 0.6) is 0 Å². The third-order valence-corrected chi connectivity index (χ3v) is 3.55. The molecule has 1 fully saturated rings. The van der Waals surface area contributed by atoms with Gasteiger partial charge < -0.3 is 10.0 Å². The number of rotatable bonds is 5. The predicted molar refractivity (Wildman–Crippen MR) is 77.3 cm³/mol. The molecular weight excluding hydrogens is 285 g/mol. The van der Waals surface area contributed by atoms with Gasteiger partial charge in [-0.2, -0.15) is 0 Å². The van der Waals surface area contributed by atoms with Crippen molar-refractivity contribution < 1.29 is 9.90 Å². The lowest BCUT2D eigenvalue weighted by Gasteiger charge is -2.19. The highest BCUT2D eigenvalue weighted by Gasteiger charge is 2.30. The van der Waals surface area contributed by atoms with E-state index in [4.69, 9.17) is 28.3 Å². The number of hydrogen-bond acceptors (Lipinski definition) is 2. The Labute approximate surface area is 122 Å². The lowest BCUT2D eigenvalue weighted by atomic mass is 10.2. The summed E-state index contributed by atoms with van der Waals surface area (Å²) in [6, 6.07) is 5.38. The number of hydrogen-bond donors (Lipinski definition) is 1. The van der Waals surface area contributed by atoms with Crippen molar-refractivity contribution in [3.63, 3.8) is 0 Å². The Morgan fingerprint density at radius 3 is 2.79 bits per heavy atom. The molecule has 0 aliphatic heterocycles. The SMILES string of the molecule is O=C(/C=C/c1cc(Cl)ccc1Cl)N(CCO)C1CC1. The van der Waals surface area contributed by atoms with Crippen LogP contribution in [0.1, 0.15) is 18.4 Å². The summed E-state index contributed by atoms with van der Waals surface area (Å²) in [5.74, 6) is -0.104. The minimum Gasteiger partial charge on any atom is -0.395 e. The van der Waals surface area contributed by atoms with Crippen molar-refractivity contribution >= 4 is 35.2 Å². The van der Waals surface area contributed by atoms with Gasteiger partial charge in [0.1, 0.15) is 0 Å². The monoisotopic (exact) mass is 299 g/mol. The van der Waals surface area contributed by atoms with E-state index in [-0.39, 0.29) is 18.6 Å². The van der Waals surface area contributed by atoms with Gasteiger partial charge in [0.15, 0.2) is 0 Å². The second-order valence-electron chi connectivity index (χ2n) is 4.49. The molecule has 5 heteroatoms. The van der Waals surface area contributed by atoms with Crippen molar-refractivity contribution in [2.45, 2.75) is 18.9 Å². The molecule has 102 valence electrons. The highest BCUT2D eigenvalue weighted by atomic mass is 35.5. The van der Waals surface area contributed by atoms with E-state index in [1.165, 1.54) is 6.08 Å². The third kappa shape index (κ3) is 3.96. The van der Waals surface area contributed by atoms with Crippen LogP contribution >= 0.6 is 23.2 Å². The summed E-state index contributed by atoms with van der Waals surface area (Å²) in [7, 11) is 0. The second-order valence-corrected chi connectivity index (χ2v) is 5.33. The molecule has 1 saturated carbocycles. The average Bonchev–Trinajstić information content (AvgIpc) is 3.21. The largest absolute Gasteiger partial charge is 0.395 e. The molecule has 0 radical (unpaired) electrons. The number of carbonyl (C=O) groups excluding carboxylic acids is 1. The molecule has 0 atom stereocenters. The number of amides is 1. The van der Waals surface area contributed by atoms with Gasteiger partial charge in [0, 0.05) is 28.7 Å². The first-order valence-electron chi connectivity index (χ1n) is 6.16. The van der Waals surface area contributed by atoms with Crippen molar-refractivity contribution in [1.29, 1.82) is 0 Å². The fourth-order valence-corrected chi connectivity index (χ4v) is 2.23. The van der Waals surface area contributed by atoms with E-state index < -0.39 is 0 Å². The van der Waals surface area contributed by atoms with Gasteiger partial charge in [-0.15, -0.1) is 0 Å². The summed E-state index contributed by atoms with van der Waals surface area (Å²) in [5, 5.41) is 10.1. The van der Waals surface area contributed by atoms with E-state index in [0.717, 1.165) is 12.8 Å². The molecule has 3 nitrogen and oxygen atoms in total. The van der Waals surface area contributed by atoms with Crippen LogP contribution in [-0.4, -0.2) is 35.1 Å². The van der Waals surface area contributed by atoms with Crippen molar-refractivity contribution in [3.05, 3.63) is 39.9 Å². The molecule has 1 aliphatic carbocycles. The summed E-state index contributed by atoms with van der Waals surface area (Å²) in [5.41, 5.74) is 0.710. The fourth-order valence-electron chi connectivity index (χ4n) is 1.87. The van der Waals surface area contributed by atoms with Gasteiger partial charge in [-0.25, -0.2) is 0 Å². The van der Waals surface area contributed by atoms with Crippen LogP contribution in [-0.2, 0) is 4.79 Å². The summed E-state index contributed by atoms with van der Waals surface area (Å²) >= 11 is 11.9. The molecule has 1 amide bonds. The molecule has 0 unspecified atom stereocenters. The quantitative estimate of drug-likeness (QED) is 0.849. The van der Waals surface area contributed by atoms with E-state index in [0.29, 0.717) is 22.2 Å². The molecule has 1 aromatic rings. The zero-order chi connectivity index (χ0) is 13.8. The van der Waals surface area contributed by atoms with Gasteiger partial charge in [-0.05, 0) is 42.7 Å². The maximum Gasteiger partial charge on any atom is 0.246 e. The molecule has 2 rings (SSSR count). The van der Waals surface area contributed by atoms with Crippen molar-refractivity contribution in [2.24, 2.45) is 0 Å². The molecule has 1 aliphatic rings. The molecule has 19 heavy (non-hydrogen) atoms. The number of benzene rings is 1. The van der Waals surface area contributed by atoms with E-state index in [1.54, 1.807) is 29.2 Å². The minimum atomic E-state index is -0.104. The molecule has 0 saturated heterocycles. The van der Waals surface area contributed by atoms with E-state index in [1.807, 2.05) is 0 Å². The summed E-state index contributed by atoms with van der Waals surface area (Å²) in [4.78, 5) is 13.7. The van der Waals surface area contributed by atoms with Gasteiger partial charge in [0.05, 0.1) is 6.61 Å². The highest BCUT2D eigenvalue weighted by Crippen LogP contribution is 2.27. The number of aliphatic hydroxyl groups excluding tert-OH is 1. The van der Waals surface area contributed by atoms with E-state index in [2.05, 4.69) is 0 Å². The summed E-state index contributed by atoms with van der Waals surface area (Å²) in [6.45, 7) is 0.352. The van der Waals surface area contributed by atoms with Gasteiger partial charge >= 0.3 is 0 Å². The van der Waals surface area contributed by atoms with Crippen LogP contribution in [0.3, 0.4) is 0 Å². The van der Waals surface area contributed by atoms with Gasteiger partial charge in [0.25, 0.3) is 0 Å². The Morgan fingerprint density at radius 1 is 1.42 bits per heavy atom. The zero-order valence-corrected chi connectivity index (χ0v) is 11.9. The smallest absolute Gasteiger partial charge is 0.246 e. The van der Waals surface area contributed by atoms with Crippen molar-refractivity contribution in [2.75, 3.05) is 13.2 Å². The number of aliphatic hydroxyl groups is 1. The Morgan fingerprint density at radius 2 is 2.16 bits per heavy atom. The summed E-state index contributed by atoms with van der Waals surface area (Å²) < 4.78 is 0. The van der Waals surface area contributed by atoms with Crippen molar-refractivity contribution in [3.8, 4) is 0 Å². The van der Waals surface area contributed by atoms with Crippen LogP contribution in [0.25, 0.3) is 6.08 Å². The second kappa shape index (κ2) is 6.42. The molecule has 0 bridgehead atoms. The third-order valence-electron chi connectivity index (χ3n) is 2.98. The van der Waals surface area contributed by atoms with Crippen LogP contribution in [0.2, 0.25) is 10.0 Å². The Balaban J connectivity index is 2.08. The molecule has 0 aromatic heterocycles. The molecule has 0 heterocycles. The Kier molecular flexibility index (Phi) is 4.86. The van der Waals surface area contributed by atoms with Crippen LogP contribution in [0, 0.1) is 0 Å². The first kappa shape index (κ1) is 14.4. The topological polar surface area (TPSA) is 40.5 Å². The minimum absolute atomic E-state index is 0.0198. The van der Waals surface area contributed by atoms with Gasteiger partial charge in [-0.1, -0.05) is 23.2 Å². The molecule has 0 spiro atoms. The van der Waals surface area contributed by atoms with Crippen LogP contribution in [0.15, 0.2) is 24.3 Å². The Bertz CT molecular complexity index is 498. The maximum absolute atomic E-state index is 12.0. The first-order chi connectivity index (χ1) is 9.11.